The molecule has 1 fully saturated rings. The second-order valence-electron chi connectivity index (χ2n) is 6.18. The van der Waals surface area contributed by atoms with Gasteiger partial charge >= 0.3 is 0 Å². The molecule has 0 saturated heterocycles. The lowest BCUT2D eigenvalue weighted by Gasteiger charge is -2.16. The van der Waals surface area contributed by atoms with Crippen LogP contribution in [0, 0.1) is 0 Å². The Balaban J connectivity index is 1.74. The van der Waals surface area contributed by atoms with Crippen LogP contribution in [-0.2, 0) is 11.3 Å². The summed E-state index contributed by atoms with van der Waals surface area (Å²) in [6.45, 7) is -0.0985. The van der Waals surface area contributed by atoms with Crippen LogP contribution in [0.1, 0.15) is 38.5 Å². The molecule has 6 nitrogen and oxygen atoms in total. The highest BCUT2D eigenvalue weighted by Gasteiger charge is 2.16. The van der Waals surface area contributed by atoms with Crippen LogP contribution < -0.4 is 16.6 Å². The summed E-state index contributed by atoms with van der Waals surface area (Å²) in [7, 11) is 0. The van der Waals surface area contributed by atoms with Crippen LogP contribution in [0.15, 0.2) is 28.4 Å². The van der Waals surface area contributed by atoms with Gasteiger partial charge in [0, 0.05) is 6.04 Å². The van der Waals surface area contributed by atoms with Crippen LogP contribution >= 0.6 is 11.3 Å². The van der Waals surface area contributed by atoms with Crippen molar-refractivity contribution in [2.75, 3.05) is 5.73 Å². The third-order valence-electron chi connectivity index (χ3n) is 4.29. The summed E-state index contributed by atoms with van der Waals surface area (Å²) in [5.74, 6) is -0.181. The van der Waals surface area contributed by atoms with Crippen molar-refractivity contribution in [3.05, 3.63) is 33.9 Å². The predicted octanol–water partition coefficient (Wildman–Crippen LogP) is 2.39. The molecule has 3 N–H and O–H groups in total. The molecular weight excluding hydrogens is 324 g/mol. The topological polar surface area (TPSA) is 90.0 Å². The summed E-state index contributed by atoms with van der Waals surface area (Å²) in [6, 6.07) is 5.58. The third kappa shape index (κ3) is 4.03. The normalized spacial score (nSPS) is 15.8. The molecule has 7 heteroatoms. The first kappa shape index (κ1) is 16.7. The molecule has 24 heavy (non-hydrogen) atoms. The van der Waals surface area contributed by atoms with Crippen LogP contribution in [0.3, 0.4) is 0 Å². The van der Waals surface area contributed by atoms with E-state index in [4.69, 9.17) is 5.73 Å². The largest absolute Gasteiger partial charge is 0.394 e. The third-order valence-corrected chi connectivity index (χ3v) is 5.18. The molecule has 1 amide bonds. The van der Waals surface area contributed by atoms with Crippen molar-refractivity contribution >= 4 is 22.9 Å². The SMILES string of the molecule is Nc1cc(-c2cccs2)nn(CC(=O)NC2CCCCCC2)c1=O. The smallest absolute Gasteiger partial charge is 0.290 e. The van der Waals surface area contributed by atoms with E-state index >= 15 is 0 Å². The number of amides is 1. The van der Waals surface area contributed by atoms with Crippen LogP contribution in [0.2, 0.25) is 0 Å². The lowest BCUT2D eigenvalue weighted by Crippen LogP contribution is -2.39. The van der Waals surface area contributed by atoms with Gasteiger partial charge in [-0.2, -0.15) is 5.10 Å². The van der Waals surface area contributed by atoms with Gasteiger partial charge in [-0.1, -0.05) is 31.7 Å². The number of aromatic nitrogens is 2. The first-order valence-corrected chi connectivity index (χ1v) is 9.22. The molecule has 1 saturated carbocycles. The lowest BCUT2D eigenvalue weighted by atomic mass is 10.1. The number of nitrogen functional groups attached to an aromatic ring is 1. The van der Waals surface area contributed by atoms with E-state index in [2.05, 4.69) is 10.4 Å². The molecule has 128 valence electrons. The second-order valence-corrected chi connectivity index (χ2v) is 7.13. The van der Waals surface area contributed by atoms with Crippen molar-refractivity contribution in [1.82, 2.24) is 15.1 Å². The van der Waals surface area contributed by atoms with E-state index in [1.807, 2.05) is 17.5 Å². The first-order chi connectivity index (χ1) is 11.6. The van der Waals surface area contributed by atoms with Crippen molar-refractivity contribution in [1.29, 1.82) is 0 Å². The van der Waals surface area contributed by atoms with E-state index in [1.165, 1.54) is 24.2 Å². The van der Waals surface area contributed by atoms with Crippen LogP contribution in [-0.4, -0.2) is 21.7 Å². The highest BCUT2D eigenvalue weighted by atomic mass is 32.1. The quantitative estimate of drug-likeness (QED) is 0.832. The van der Waals surface area contributed by atoms with Gasteiger partial charge in [0.25, 0.3) is 5.56 Å². The van der Waals surface area contributed by atoms with Gasteiger partial charge in [-0.25, -0.2) is 4.68 Å². The average molecular weight is 346 g/mol. The minimum absolute atomic E-state index is 0.0985. The molecule has 0 bridgehead atoms. The van der Waals surface area contributed by atoms with Crippen LogP contribution in [0.4, 0.5) is 5.69 Å². The summed E-state index contributed by atoms with van der Waals surface area (Å²) < 4.78 is 1.16. The number of carbonyl (C=O) groups excluding carboxylic acids is 1. The lowest BCUT2D eigenvalue weighted by molar-refractivity contribution is -0.122. The second kappa shape index (κ2) is 7.61. The van der Waals surface area contributed by atoms with Crippen molar-refractivity contribution in [2.24, 2.45) is 0 Å². The van der Waals surface area contributed by atoms with Crippen molar-refractivity contribution in [3.8, 4) is 10.6 Å². The van der Waals surface area contributed by atoms with Crippen molar-refractivity contribution in [2.45, 2.75) is 51.1 Å². The molecule has 0 radical (unpaired) electrons. The number of carbonyl (C=O) groups is 1. The van der Waals surface area contributed by atoms with Gasteiger partial charge in [-0.15, -0.1) is 11.3 Å². The highest BCUT2D eigenvalue weighted by molar-refractivity contribution is 7.13. The van der Waals surface area contributed by atoms with Crippen LogP contribution in [0.5, 0.6) is 0 Å². The van der Waals surface area contributed by atoms with Crippen molar-refractivity contribution in [3.63, 3.8) is 0 Å². The maximum absolute atomic E-state index is 12.3. The monoisotopic (exact) mass is 346 g/mol. The number of hydrogen-bond acceptors (Lipinski definition) is 5. The number of thiophene rings is 1. The fraction of sp³-hybridized carbons (Fsp3) is 0.471. The van der Waals surface area contributed by atoms with E-state index in [0.717, 1.165) is 35.2 Å². The zero-order chi connectivity index (χ0) is 16.9. The summed E-state index contributed by atoms with van der Waals surface area (Å²) in [6.07, 6.45) is 6.75. The molecule has 3 rings (SSSR count). The Morgan fingerprint density at radius 1 is 1.33 bits per heavy atom. The Labute approximate surface area is 144 Å². The Morgan fingerprint density at radius 3 is 2.75 bits per heavy atom. The molecule has 1 aliphatic carbocycles. The zero-order valence-electron chi connectivity index (χ0n) is 13.5. The summed E-state index contributed by atoms with van der Waals surface area (Å²) in [5, 5.41) is 9.26. The Bertz CT molecular complexity index is 746. The first-order valence-electron chi connectivity index (χ1n) is 8.34. The van der Waals surface area contributed by atoms with Gasteiger partial charge in [0.2, 0.25) is 5.91 Å². The summed E-state index contributed by atoms with van der Waals surface area (Å²) in [5.41, 5.74) is 6.11. The van der Waals surface area contributed by atoms with E-state index in [1.54, 1.807) is 6.07 Å². The molecule has 0 aromatic carbocycles. The van der Waals surface area contributed by atoms with Crippen molar-refractivity contribution < 1.29 is 4.79 Å². The Hall–Kier alpha value is -2.15. The van der Waals surface area contributed by atoms with Crippen LogP contribution in [0.25, 0.3) is 10.6 Å². The van der Waals surface area contributed by atoms with E-state index in [9.17, 15) is 9.59 Å². The average Bonchev–Trinajstić information content (AvgIpc) is 2.97. The van der Waals surface area contributed by atoms with Gasteiger partial charge in [0.15, 0.2) is 0 Å². The standard InChI is InChI=1S/C17H22N4O2S/c18-13-10-14(15-8-5-9-24-15)20-21(17(13)23)11-16(22)19-12-6-3-1-2-4-7-12/h5,8-10,12H,1-4,6-7,11,18H2,(H,19,22). The number of rotatable bonds is 4. The fourth-order valence-corrected chi connectivity index (χ4v) is 3.73. The molecule has 0 unspecified atom stereocenters. The highest BCUT2D eigenvalue weighted by Crippen LogP contribution is 2.22. The summed E-state index contributed by atoms with van der Waals surface area (Å²) >= 11 is 1.51. The number of nitrogens with two attached hydrogens (primary N) is 1. The van der Waals surface area contributed by atoms with E-state index in [0.29, 0.717) is 5.69 Å². The number of nitrogens with zero attached hydrogens (tertiary/aromatic N) is 2. The van der Waals surface area contributed by atoms with Gasteiger partial charge in [-0.05, 0) is 30.4 Å². The minimum Gasteiger partial charge on any atom is -0.394 e. The molecule has 1 aliphatic rings. The minimum atomic E-state index is -0.425. The number of anilines is 1. The van der Waals surface area contributed by atoms with Gasteiger partial charge < -0.3 is 11.1 Å². The van der Waals surface area contributed by atoms with E-state index < -0.39 is 5.56 Å². The Morgan fingerprint density at radius 2 is 2.08 bits per heavy atom. The predicted molar refractivity (Wildman–Crippen MR) is 95.9 cm³/mol. The zero-order valence-corrected chi connectivity index (χ0v) is 14.3. The molecule has 0 atom stereocenters. The maximum Gasteiger partial charge on any atom is 0.290 e. The number of nitrogens with one attached hydrogen (secondary N) is 1. The molecule has 0 spiro atoms. The molecule has 2 heterocycles. The fourth-order valence-electron chi connectivity index (χ4n) is 3.05. The number of hydrogen-bond donors (Lipinski definition) is 2. The molecule has 0 aliphatic heterocycles. The molecule has 2 aromatic rings. The Kier molecular flexibility index (Phi) is 5.30. The summed E-state index contributed by atoms with van der Waals surface area (Å²) in [4.78, 5) is 25.4. The van der Waals surface area contributed by atoms with Gasteiger partial charge in [0.1, 0.15) is 17.9 Å². The molecule has 2 aromatic heterocycles. The maximum atomic E-state index is 12.3. The van der Waals surface area contributed by atoms with Gasteiger partial charge in [0.05, 0.1) is 4.88 Å². The molecular formula is C17H22N4O2S. The van der Waals surface area contributed by atoms with Gasteiger partial charge in [-0.3, -0.25) is 9.59 Å². The van der Waals surface area contributed by atoms with E-state index in [-0.39, 0.29) is 24.2 Å².